The van der Waals surface area contributed by atoms with Crippen molar-refractivity contribution in [3.63, 3.8) is 0 Å². The van der Waals surface area contributed by atoms with Gasteiger partial charge in [0.2, 0.25) is 5.91 Å². The third-order valence-corrected chi connectivity index (χ3v) is 2.63. The standard InChI is InChI=1S/C9H15NO2/c11-8-2-1-5-10(6-8)9(12)7-3-4-7/h7-8,11H,1-6H2/t8-/m0/s1. The van der Waals surface area contributed by atoms with E-state index in [1.165, 1.54) is 0 Å². The number of β-amino-alcohol motifs (C(OH)–C–C–N with tert-alkyl or cyclic N) is 1. The van der Waals surface area contributed by atoms with E-state index in [9.17, 15) is 9.90 Å². The molecule has 0 aromatic carbocycles. The van der Waals surface area contributed by atoms with Crippen LogP contribution in [0.4, 0.5) is 0 Å². The summed E-state index contributed by atoms with van der Waals surface area (Å²) in [4.78, 5) is 13.3. The first-order valence-electron chi connectivity index (χ1n) is 4.74. The Bertz CT molecular complexity index is 189. The molecule has 0 aromatic rings. The molecule has 3 heteroatoms. The summed E-state index contributed by atoms with van der Waals surface area (Å²) in [5.41, 5.74) is 0. The van der Waals surface area contributed by atoms with Crippen LogP contribution in [0.5, 0.6) is 0 Å². The molecule has 0 spiro atoms. The van der Waals surface area contributed by atoms with Gasteiger partial charge in [0.05, 0.1) is 6.10 Å². The summed E-state index contributed by atoms with van der Waals surface area (Å²) < 4.78 is 0. The Hall–Kier alpha value is -0.570. The number of rotatable bonds is 1. The van der Waals surface area contributed by atoms with Crippen molar-refractivity contribution in [2.75, 3.05) is 13.1 Å². The number of aliphatic hydroxyl groups is 1. The van der Waals surface area contributed by atoms with Gasteiger partial charge in [0.25, 0.3) is 0 Å². The van der Waals surface area contributed by atoms with Crippen LogP contribution in [0.15, 0.2) is 0 Å². The molecule has 68 valence electrons. The van der Waals surface area contributed by atoms with Gasteiger partial charge in [-0.1, -0.05) is 0 Å². The van der Waals surface area contributed by atoms with Crippen molar-refractivity contribution in [2.45, 2.75) is 31.8 Å². The second-order valence-corrected chi connectivity index (χ2v) is 3.85. The molecule has 2 aliphatic rings. The molecule has 1 saturated carbocycles. The molecule has 0 unspecified atom stereocenters. The Morgan fingerprint density at radius 1 is 1.33 bits per heavy atom. The maximum Gasteiger partial charge on any atom is 0.225 e. The minimum absolute atomic E-state index is 0.272. The molecule has 0 bridgehead atoms. The molecule has 1 saturated heterocycles. The van der Waals surface area contributed by atoms with E-state index in [1.54, 1.807) is 0 Å². The fourth-order valence-electron chi connectivity index (χ4n) is 1.74. The molecule has 2 rings (SSSR count). The maximum atomic E-state index is 11.5. The summed E-state index contributed by atoms with van der Waals surface area (Å²) in [6, 6.07) is 0. The normalized spacial score (nSPS) is 30.4. The van der Waals surface area contributed by atoms with Gasteiger partial charge in [-0.2, -0.15) is 0 Å². The van der Waals surface area contributed by atoms with E-state index in [0.29, 0.717) is 12.5 Å². The van der Waals surface area contributed by atoms with Crippen LogP contribution in [0.2, 0.25) is 0 Å². The van der Waals surface area contributed by atoms with Crippen molar-refractivity contribution in [2.24, 2.45) is 5.92 Å². The molecule has 1 N–H and O–H groups in total. The van der Waals surface area contributed by atoms with E-state index in [1.807, 2.05) is 4.90 Å². The second-order valence-electron chi connectivity index (χ2n) is 3.85. The predicted octanol–water partition coefficient (Wildman–Crippen LogP) is 0.380. The quantitative estimate of drug-likeness (QED) is 0.616. The minimum atomic E-state index is -0.276. The summed E-state index contributed by atoms with van der Waals surface area (Å²) in [6.07, 6.45) is 3.66. The lowest BCUT2D eigenvalue weighted by atomic mass is 10.1. The first kappa shape index (κ1) is 8.05. The van der Waals surface area contributed by atoms with Crippen molar-refractivity contribution >= 4 is 5.91 Å². The highest BCUT2D eigenvalue weighted by Gasteiger charge is 2.34. The van der Waals surface area contributed by atoms with Crippen LogP contribution in [-0.4, -0.2) is 35.1 Å². The van der Waals surface area contributed by atoms with Gasteiger partial charge in [-0.25, -0.2) is 0 Å². The number of hydrogen-bond acceptors (Lipinski definition) is 2. The van der Waals surface area contributed by atoms with E-state index in [0.717, 1.165) is 32.2 Å². The van der Waals surface area contributed by atoms with Gasteiger partial charge in [-0.05, 0) is 25.7 Å². The SMILES string of the molecule is O=C(C1CC1)N1CCC[C@H](O)C1. The summed E-state index contributed by atoms with van der Waals surface area (Å²) >= 11 is 0. The van der Waals surface area contributed by atoms with E-state index < -0.39 is 0 Å². The number of piperidine rings is 1. The number of likely N-dealkylation sites (tertiary alicyclic amines) is 1. The van der Waals surface area contributed by atoms with Crippen molar-refractivity contribution < 1.29 is 9.90 Å². The van der Waals surface area contributed by atoms with Gasteiger partial charge in [-0.3, -0.25) is 4.79 Å². The smallest absolute Gasteiger partial charge is 0.225 e. The van der Waals surface area contributed by atoms with Crippen LogP contribution in [0.1, 0.15) is 25.7 Å². The van der Waals surface area contributed by atoms with Crippen LogP contribution in [0.25, 0.3) is 0 Å². The third-order valence-electron chi connectivity index (χ3n) is 2.63. The van der Waals surface area contributed by atoms with Crippen LogP contribution < -0.4 is 0 Å². The van der Waals surface area contributed by atoms with Gasteiger partial charge in [0.1, 0.15) is 0 Å². The lowest BCUT2D eigenvalue weighted by Gasteiger charge is -2.30. The fourth-order valence-corrected chi connectivity index (χ4v) is 1.74. The predicted molar refractivity (Wildman–Crippen MR) is 44.5 cm³/mol. The highest BCUT2D eigenvalue weighted by atomic mass is 16.3. The number of hydrogen-bond donors (Lipinski definition) is 1. The monoisotopic (exact) mass is 169 g/mol. The molecular weight excluding hydrogens is 154 g/mol. The number of aliphatic hydroxyl groups excluding tert-OH is 1. The molecule has 1 heterocycles. The van der Waals surface area contributed by atoms with Gasteiger partial charge >= 0.3 is 0 Å². The van der Waals surface area contributed by atoms with Crippen molar-refractivity contribution in [1.82, 2.24) is 4.90 Å². The Kier molecular flexibility index (Phi) is 2.05. The summed E-state index contributed by atoms with van der Waals surface area (Å²) in [5, 5.41) is 9.34. The summed E-state index contributed by atoms with van der Waals surface area (Å²) in [7, 11) is 0. The largest absolute Gasteiger partial charge is 0.391 e. The lowest BCUT2D eigenvalue weighted by molar-refractivity contribution is -0.135. The van der Waals surface area contributed by atoms with Crippen LogP contribution in [0, 0.1) is 5.92 Å². The lowest BCUT2D eigenvalue weighted by Crippen LogP contribution is -2.42. The highest BCUT2D eigenvalue weighted by molar-refractivity contribution is 5.81. The Labute approximate surface area is 72.4 Å². The topological polar surface area (TPSA) is 40.5 Å². The molecule has 3 nitrogen and oxygen atoms in total. The van der Waals surface area contributed by atoms with E-state index in [-0.39, 0.29) is 12.0 Å². The highest BCUT2D eigenvalue weighted by Crippen LogP contribution is 2.31. The maximum absolute atomic E-state index is 11.5. The third kappa shape index (κ3) is 1.61. The zero-order valence-corrected chi connectivity index (χ0v) is 7.20. The first-order chi connectivity index (χ1) is 5.77. The van der Waals surface area contributed by atoms with E-state index in [4.69, 9.17) is 0 Å². The average molecular weight is 169 g/mol. The zero-order chi connectivity index (χ0) is 8.55. The molecule has 1 amide bonds. The van der Waals surface area contributed by atoms with E-state index >= 15 is 0 Å². The van der Waals surface area contributed by atoms with Crippen LogP contribution >= 0.6 is 0 Å². The van der Waals surface area contributed by atoms with Crippen molar-refractivity contribution in [3.8, 4) is 0 Å². The van der Waals surface area contributed by atoms with Crippen molar-refractivity contribution in [3.05, 3.63) is 0 Å². The van der Waals surface area contributed by atoms with Gasteiger partial charge in [-0.15, -0.1) is 0 Å². The molecule has 0 aromatic heterocycles. The Balaban J connectivity index is 1.89. The molecule has 2 fully saturated rings. The van der Waals surface area contributed by atoms with Gasteiger partial charge < -0.3 is 10.0 Å². The minimum Gasteiger partial charge on any atom is -0.391 e. The molecule has 1 aliphatic carbocycles. The summed E-state index contributed by atoms with van der Waals surface area (Å²) in [5.74, 6) is 0.573. The molecular formula is C9H15NO2. The fraction of sp³-hybridized carbons (Fsp3) is 0.889. The van der Waals surface area contributed by atoms with Gasteiger partial charge in [0, 0.05) is 19.0 Å². The summed E-state index contributed by atoms with van der Waals surface area (Å²) in [6.45, 7) is 1.42. The molecule has 12 heavy (non-hydrogen) atoms. The number of nitrogens with zero attached hydrogens (tertiary/aromatic N) is 1. The van der Waals surface area contributed by atoms with Crippen molar-refractivity contribution in [1.29, 1.82) is 0 Å². The molecule has 0 radical (unpaired) electrons. The Morgan fingerprint density at radius 2 is 2.08 bits per heavy atom. The van der Waals surface area contributed by atoms with Crippen LogP contribution in [-0.2, 0) is 4.79 Å². The Morgan fingerprint density at radius 3 is 2.67 bits per heavy atom. The van der Waals surface area contributed by atoms with Crippen LogP contribution in [0.3, 0.4) is 0 Å². The number of amides is 1. The first-order valence-corrected chi connectivity index (χ1v) is 4.74. The number of carbonyl (C=O) groups excluding carboxylic acids is 1. The van der Waals surface area contributed by atoms with E-state index in [2.05, 4.69) is 0 Å². The molecule has 1 atom stereocenters. The molecule has 1 aliphatic heterocycles. The van der Waals surface area contributed by atoms with Gasteiger partial charge in [0.15, 0.2) is 0 Å². The zero-order valence-electron chi connectivity index (χ0n) is 7.20. The second kappa shape index (κ2) is 3.05. The average Bonchev–Trinajstić information content (AvgIpc) is 2.85. The number of carbonyl (C=O) groups is 1.